The molecule has 0 aliphatic carbocycles. The summed E-state index contributed by atoms with van der Waals surface area (Å²) in [4.78, 5) is 8.52. The maximum Gasteiger partial charge on any atom is 0.211 e. The van der Waals surface area contributed by atoms with Crippen molar-refractivity contribution in [3.8, 4) is 23.8 Å². The van der Waals surface area contributed by atoms with Crippen molar-refractivity contribution < 1.29 is 9.84 Å². The van der Waals surface area contributed by atoms with Crippen LogP contribution in [-0.4, -0.2) is 23.2 Å². The molecule has 130 valence electrons. The van der Waals surface area contributed by atoms with Crippen LogP contribution in [0.5, 0.6) is 11.5 Å². The van der Waals surface area contributed by atoms with E-state index in [1.165, 1.54) is 7.11 Å². The number of methoxy groups -OCH3 is 1. The minimum atomic E-state index is -0.836. The molecule has 0 fully saturated rings. The lowest BCUT2D eigenvalue weighted by atomic mass is 9.94. The Labute approximate surface area is 148 Å². The number of nitrogens with one attached hydrogen (secondary N) is 2. The highest BCUT2D eigenvalue weighted by molar-refractivity contribution is 5.98. The smallest absolute Gasteiger partial charge is 0.211 e. The van der Waals surface area contributed by atoms with Gasteiger partial charge >= 0.3 is 0 Å². The van der Waals surface area contributed by atoms with Gasteiger partial charge in [0.25, 0.3) is 0 Å². The number of rotatable bonds is 2. The van der Waals surface area contributed by atoms with E-state index in [0.717, 1.165) is 0 Å². The Hall–Kier alpha value is -4.18. The number of para-hydroxylation sites is 1. The fourth-order valence-corrected chi connectivity index (χ4v) is 2.73. The lowest BCUT2D eigenvalue weighted by molar-refractivity contribution is 0.369. The van der Waals surface area contributed by atoms with Crippen molar-refractivity contribution in [1.29, 1.82) is 10.5 Å². The molecule has 1 aromatic heterocycles. The summed E-state index contributed by atoms with van der Waals surface area (Å²) >= 11 is 0. The molecule has 0 radical (unpaired) electrons. The topological polar surface area (TPSA) is 178 Å². The molecule has 1 aromatic carbocycles. The first kappa shape index (κ1) is 16.7. The first-order valence-electron chi connectivity index (χ1n) is 7.36. The van der Waals surface area contributed by atoms with Crippen LogP contribution in [0.1, 0.15) is 22.7 Å². The highest BCUT2D eigenvalue weighted by atomic mass is 16.5. The summed E-state index contributed by atoms with van der Waals surface area (Å²) in [6, 6.07) is 5.97. The van der Waals surface area contributed by atoms with E-state index in [0.29, 0.717) is 11.1 Å². The number of fused-ring (bicyclic) bond motifs is 1. The third-order valence-electron chi connectivity index (χ3n) is 3.90. The molecular formula is C16H14N8O2. The number of guanidine groups is 1. The van der Waals surface area contributed by atoms with Crippen LogP contribution in [0, 0.1) is 22.8 Å². The van der Waals surface area contributed by atoms with Gasteiger partial charge in [0.15, 0.2) is 17.7 Å². The van der Waals surface area contributed by atoms with Gasteiger partial charge in [-0.15, -0.1) is 0 Å². The van der Waals surface area contributed by atoms with Gasteiger partial charge in [0.05, 0.1) is 12.8 Å². The van der Waals surface area contributed by atoms with Crippen molar-refractivity contribution in [2.75, 3.05) is 23.9 Å². The quantitative estimate of drug-likeness (QED) is 0.386. The molecule has 0 bridgehead atoms. The average molecular weight is 350 g/mol. The fourth-order valence-electron chi connectivity index (χ4n) is 2.73. The van der Waals surface area contributed by atoms with Crippen molar-refractivity contribution in [3.63, 3.8) is 0 Å². The summed E-state index contributed by atoms with van der Waals surface area (Å²) in [5.41, 5.74) is 12.8. The van der Waals surface area contributed by atoms with Crippen molar-refractivity contribution in [1.82, 2.24) is 10.3 Å². The SMILES string of the molecule is COc1cccc(C2N=C(NC#N)Nc3nc(N)c(C#N)c(N)c32)c1O. The average Bonchev–Trinajstić information content (AvgIpc) is 2.61. The Bertz CT molecular complexity index is 1000. The van der Waals surface area contributed by atoms with Crippen LogP contribution in [0.15, 0.2) is 23.2 Å². The largest absolute Gasteiger partial charge is 0.504 e. The van der Waals surface area contributed by atoms with E-state index in [2.05, 4.69) is 20.6 Å². The van der Waals surface area contributed by atoms with Crippen LogP contribution in [-0.2, 0) is 0 Å². The number of phenols is 1. The standard InChI is InChI=1S/C16H14N8O2/c1-26-9-4-2-3-7(13(9)25)12-10-11(19)8(5-17)14(20)23-15(10)24-16(22-12)21-6-18/h2-4,12,25H,1H3,(H6,19,20,21,22,23,24). The predicted molar refractivity (Wildman–Crippen MR) is 94.1 cm³/mol. The Kier molecular flexibility index (Phi) is 4.09. The number of pyridine rings is 1. The van der Waals surface area contributed by atoms with Gasteiger partial charge in [0.2, 0.25) is 5.96 Å². The molecule has 2 heterocycles. The van der Waals surface area contributed by atoms with Crippen molar-refractivity contribution >= 4 is 23.3 Å². The Morgan fingerprint density at radius 3 is 2.77 bits per heavy atom. The lowest BCUT2D eigenvalue weighted by Gasteiger charge is -2.26. The number of aromatic hydroxyl groups is 1. The van der Waals surface area contributed by atoms with Crippen molar-refractivity contribution in [2.24, 2.45) is 4.99 Å². The van der Waals surface area contributed by atoms with Crippen molar-refractivity contribution in [3.05, 3.63) is 34.9 Å². The van der Waals surface area contributed by atoms with Gasteiger partial charge in [0.1, 0.15) is 29.3 Å². The molecular weight excluding hydrogens is 336 g/mol. The number of aliphatic imine (C=N–C) groups is 1. The number of benzene rings is 1. The molecule has 26 heavy (non-hydrogen) atoms. The summed E-state index contributed by atoms with van der Waals surface area (Å²) < 4.78 is 5.13. The molecule has 0 saturated heterocycles. The summed E-state index contributed by atoms with van der Waals surface area (Å²) in [7, 11) is 1.42. The van der Waals surface area contributed by atoms with Gasteiger partial charge in [-0.3, -0.25) is 5.32 Å². The van der Waals surface area contributed by atoms with E-state index in [1.807, 2.05) is 6.07 Å². The van der Waals surface area contributed by atoms with Gasteiger partial charge in [0, 0.05) is 11.1 Å². The van der Waals surface area contributed by atoms with E-state index >= 15 is 0 Å². The van der Waals surface area contributed by atoms with E-state index in [4.69, 9.17) is 21.5 Å². The molecule has 1 atom stereocenters. The number of hydrogen-bond acceptors (Lipinski definition) is 10. The molecule has 1 aliphatic heterocycles. The molecule has 7 N–H and O–H groups in total. The molecule has 0 spiro atoms. The predicted octanol–water partition coefficient (Wildman–Crippen LogP) is 0.773. The third-order valence-corrected chi connectivity index (χ3v) is 3.90. The zero-order chi connectivity index (χ0) is 18.8. The minimum absolute atomic E-state index is 0.0184. The number of nitrogens with zero attached hydrogens (tertiary/aromatic N) is 4. The minimum Gasteiger partial charge on any atom is -0.504 e. The van der Waals surface area contributed by atoms with E-state index in [-0.39, 0.29) is 40.3 Å². The first-order valence-corrected chi connectivity index (χ1v) is 7.36. The van der Waals surface area contributed by atoms with Crippen LogP contribution in [0.25, 0.3) is 0 Å². The first-order chi connectivity index (χ1) is 12.5. The maximum absolute atomic E-state index is 10.5. The highest BCUT2D eigenvalue weighted by Crippen LogP contribution is 2.44. The number of nitrogens with two attached hydrogens (primary N) is 2. The molecule has 10 heteroatoms. The molecule has 2 aromatic rings. The van der Waals surface area contributed by atoms with Gasteiger partial charge in [-0.05, 0) is 6.07 Å². The van der Waals surface area contributed by atoms with Gasteiger partial charge in [-0.25, -0.2) is 9.98 Å². The second-order valence-corrected chi connectivity index (χ2v) is 5.30. The Morgan fingerprint density at radius 2 is 2.12 bits per heavy atom. The zero-order valence-electron chi connectivity index (χ0n) is 13.6. The second kappa shape index (κ2) is 6.37. The molecule has 0 saturated carbocycles. The Morgan fingerprint density at radius 1 is 1.35 bits per heavy atom. The van der Waals surface area contributed by atoms with E-state index in [9.17, 15) is 10.4 Å². The number of anilines is 3. The molecule has 1 aliphatic rings. The summed E-state index contributed by atoms with van der Waals surface area (Å²) in [5, 5.41) is 33.9. The van der Waals surface area contributed by atoms with Gasteiger partial charge < -0.3 is 26.6 Å². The van der Waals surface area contributed by atoms with E-state index in [1.54, 1.807) is 24.4 Å². The van der Waals surface area contributed by atoms with Crippen molar-refractivity contribution in [2.45, 2.75) is 6.04 Å². The molecule has 3 rings (SSSR count). The van der Waals surface area contributed by atoms with Crippen LogP contribution >= 0.6 is 0 Å². The highest BCUT2D eigenvalue weighted by Gasteiger charge is 2.31. The second-order valence-electron chi connectivity index (χ2n) is 5.30. The molecule has 10 nitrogen and oxygen atoms in total. The number of nitriles is 2. The summed E-state index contributed by atoms with van der Waals surface area (Å²) in [6.07, 6.45) is 1.76. The fraction of sp³-hybridized carbons (Fsp3) is 0.125. The lowest BCUT2D eigenvalue weighted by Crippen LogP contribution is -2.32. The zero-order valence-corrected chi connectivity index (χ0v) is 13.6. The van der Waals surface area contributed by atoms with Crippen LogP contribution in [0.4, 0.5) is 17.3 Å². The number of nitrogen functional groups attached to an aromatic ring is 2. The monoisotopic (exact) mass is 350 g/mol. The normalized spacial score (nSPS) is 14.9. The Balaban J connectivity index is 2.29. The third kappa shape index (κ3) is 2.52. The summed E-state index contributed by atoms with van der Waals surface area (Å²) in [5.74, 6) is 0.392. The van der Waals surface area contributed by atoms with Crippen LogP contribution < -0.4 is 26.8 Å². The molecule has 0 amide bonds. The summed E-state index contributed by atoms with van der Waals surface area (Å²) in [6.45, 7) is 0. The van der Waals surface area contributed by atoms with Crippen LogP contribution in [0.2, 0.25) is 0 Å². The van der Waals surface area contributed by atoms with E-state index < -0.39 is 6.04 Å². The number of phenolic OH excluding ortho intramolecular Hbond substituents is 1. The maximum atomic E-state index is 10.5. The van der Waals surface area contributed by atoms with Gasteiger partial charge in [-0.1, -0.05) is 12.1 Å². The van der Waals surface area contributed by atoms with Crippen LogP contribution in [0.3, 0.4) is 0 Å². The number of aromatic nitrogens is 1. The number of hydrogen-bond donors (Lipinski definition) is 5. The van der Waals surface area contributed by atoms with Gasteiger partial charge in [-0.2, -0.15) is 10.5 Å². The number of ether oxygens (including phenoxy) is 1. The molecule has 1 unspecified atom stereocenters.